The normalized spacial score (nSPS) is 15.4. The summed E-state index contributed by atoms with van der Waals surface area (Å²) in [5.74, 6) is -0.536. The highest BCUT2D eigenvalue weighted by Crippen LogP contribution is 2.34. The number of carbonyl (C=O) groups excluding carboxylic acids is 2. The fourth-order valence-electron chi connectivity index (χ4n) is 2.54. The number of carboxylic acid groups (broad SMARTS) is 1. The summed E-state index contributed by atoms with van der Waals surface area (Å²) in [6.07, 6.45) is 1.67. The van der Waals surface area contributed by atoms with Gasteiger partial charge in [-0.2, -0.15) is 0 Å². The van der Waals surface area contributed by atoms with Gasteiger partial charge in [0.25, 0.3) is 11.6 Å². The van der Waals surface area contributed by atoms with Crippen molar-refractivity contribution >= 4 is 51.9 Å². The van der Waals surface area contributed by atoms with Gasteiger partial charge in [0.15, 0.2) is 0 Å². The number of hydrogen-bond donors (Lipinski definition) is 0. The van der Waals surface area contributed by atoms with Crippen molar-refractivity contribution in [3.8, 4) is 11.3 Å². The molecule has 2 heterocycles. The minimum atomic E-state index is -1.17. The Morgan fingerprint density at radius 3 is 2.61 bits per heavy atom. The van der Waals surface area contributed by atoms with Crippen LogP contribution in [0.25, 0.3) is 17.4 Å². The van der Waals surface area contributed by atoms with E-state index in [9.17, 15) is 24.8 Å². The predicted molar refractivity (Wildman–Crippen MR) is 105 cm³/mol. The van der Waals surface area contributed by atoms with Gasteiger partial charge >= 0.3 is 0 Å². The molecule has 1 aliphatic rings. The molecule has 1 amide bonds. The lowest BCUT2D eigenvalue weighted by Gasteiger charge is -2.14. The molecule has 2 aromatic rings. The van der Waals surface area contributed by atoms with Gasteiger partial charge in [0.05, 0.1) is 9.83 Å². The van der Waals surface area contributed by atoms with Gasteiger partial charge < -0.3 is 14.3 Å². The van der Waals surface area contributed by atoms with Crippen LogP contribution in [0.2, 0.25) is 0 Å². The van der Waals surface area contributed by atoms with Crippen molar-refractivity contribution < 1.29 is 24.0 Å². The van der Waals surface area contributed by atoms with E-state index in [1.54, 1.807) is 30.3 Å². The first kappa shape index (κ1) is 19.8. The van der Waals surface area contributed by atoms with Crippen LogP contribution in [0.5, 0.6) is 0 Å². The van der Waals surface area contributed by atoms with Crippen molar-refractivity contribution in [1.82, 2.24) is 4.90 Å². The van der Waals surface area contributed by atoms with Crippen LogP contribution in [0, 0.1) is 10.1 Å². The molecular formula is C18H13N2O6S2-. The Kier molecular flexibility index (Phi) is 5.90. The molecule has 1 aliphatic heterocycles. The molecule has 144 valence electrons. The van der Waals surface area contributed by atoms with Gasteiger partial charge in [-0.3, -0.25) is 19.8 Å². The quantitative estimate of drug-likeness (QED) is 0.292. The van der Waals surface area contributed by atoms with Crippen LogP contribution in [0.15, 0.2) is 45.7 Å². The number of carbonyl (C=O) groups is 2. The molecule has 0 N–H and O–H groups in total. The molecule has 1 aromatic heterocycles. The minimum Gasteiger partial charge on any atom is -0.550 e. The van der Waals surface area contributed by atoms with Gasteiger partial charge in [-0.25, -0.2) is 0 Å². The van der Waals surface area contributed by atoms with Crippen LogP contribution >= 0.6 is 24.0 Å². The van der Waals surface area contributed by atoms with E-state index in [0.717, 1.165) is 11.8 Å². The summed E-state index contributed by atoms with van der Waals surface area (Å²) in [5.41, 5.74) is 0.651. The number of carboxylic acids is 1. The van der Waals surface area contributed by atoms with Crippen LogP contribution in [-0.4, -0.2) is 32.6 Å². The monoisotopic (exact) mass is 417 g/mol. The summed E-state index contributed by atoms with van der Waals surface area (Å²) in [5, 5.41) is 21.2. The van der Waals surface area contributed by atoms with E-state index in [0.29, 0.717) is 26.3 Å². The van der Waals surface area contributed by atoms with Gasteiger partial charge in [0.2, 0.25) is 0 Å². The van der Waals surface area contributed by atoms with Gasteiger partial charge in [-0.15, -0.1) is 0 Å². The first-order valence-corrected chi connectivity index (χ1v) is 9.37. The van der Waals surface area contributed by atoms with E-state index in [4.69, 9.17) is 16.6 Å². The highest BCUT2D eigenvalue weighted by Gasteiger charge is 2.31. The summed E-state index contributed by atoms with van der Waals surface area (Å²) in [6.45, 7) is 0.211. The van der Waals surface area contributed by atoms with Crippen LogP contribution in [0.4, 0.5) is 5.69 Å². The van der Waals surface area contributed by atoms with Crippen LogP contribution in [0.1, 0.15) is 18.6 Å². The first-order valence-electron chi connectivity index (χ1n) is 8.15. The summed E-state index contributed by atoms with van der Waals surface area (Å²) < 4.78 is 6.06. The first-order chi connectivity index (χ1) is 13.3. The Bertz CT molecular complexity index is 980. The number of thiocarbonyl (C=S) groups is 1. The number of furan rings is 1. The third-order valence-electron chi connectivity index (χ3n) is 3.90. The zero-order chi connectivity index (χ0) is 20.3. The summed E-state index contributed by atoms with van der Waals surface area (Å²) in [4.78, 5) is 34.9. The number of aliphatic carboxylic acids is 1. The smallest absolute Gasteiger partial charge is 0.269 e. The molecule has 0 spiro atoms. The molecule has 28 heavy (non-hydrogen) atoms. The molecule has 0 saturated carbocycles. The molecular weight excluding hydrogens is 404 g/mol. The molecule has 8 nitrogen and oxygen atoms in total. The zero-order valence-corrected chi connectivity index (χ0v) is 16.0. The lowest BCUT2D eigenvalue weighted by atomic mass is 10.1. The van der Waals surface area contributed by atoms with Crippen molar-refractivity contribution in [2.45, 2.75) is 12.8 Å². The maximum atomic E-state index is 12.5. The van der Waals surface area contributed by atoms with Crippen molar-refractivity contribution in [2.75, 3.05) is 6.54 Å². The fourth-order valence-corrected chi connectivity index (χ4v) is 3.83. The second kappa shape index (κ2) is 8.36. The van der Waals surface area contributed by atoms with E-state index < -0.39 is 10.9 Å². The second-order valence-electron chi connectivity index (χ2n) is 5.81. The highest BCUT2D eigenvalue weighted by atomic mass is 32.2. The molecule has 3 rings (SSSR count). The number of nitro groups is 1. The van der Waals surface area contributed by atoms with Gasteiger partial charge in [0, 0.05) is 36.3 Å². The Balaban J connectivity index is 1.72. The topological polar surface area (TPSA) is 117 Å². The maximum Gasteiger partial charge on any atom is 0.269 e. The Labute approximate surface area is 169 Å². The molecule has 10 heteroatoms. The lowest BCUT2D eigenvalue weighted by molar-refractivity contribution is -0.384. The third kappa shape index (κ3) is 4.46. The number of hydrogen-bond acceptors (Lipinski definition) is 8. The van der Waals surface area contributed by atoms with Crippen molar-refractivity contribution in [3.05, 3.63) is 57.2 Å². The number of thioether (sulfide) groups is 1. The summed E-state index contributed by atoms with van der Waals surface area (Å²) in [7, 11) is 0. The third-order valence-corrected chi connectivity index (χ3v) is 5.28. The number of nitro benzene ring substituents is 1. The molecule has 0 unspecified atom stereocenters. The second-order valence-corrected chi connectivity index (χ2v) is 7.49. The average molecular weight is 417 g/mol. The Morgan fingerprint density at radius 2 is 1.96 bits per heavy atom. The number of benzene rings is 1. The van der Waals surface area contributed by atoms with E-state index in [1.807, 2.05) is 0 Å². The molecule has 0 radical (unpaired) electrons. The molecule has 0 aliphatic carbocycles. The minimum absolute atomic E-state index is 0.0158. The van der Waals surface area contributed by atoms with Gasteiger partial charge in [-0.05, 0) is 37.1 Å². The standard InChI is InChI=1S/C18H14N2O6S2/c21-16(22)2-1-9-19-17(23)15(28-18(19)27)10-13-7-8-14(26-13)11-3-5-12(6-4-11)20(24)25/h3-8,10H,1-2,9H2,(H,21,22)/p-1/b15-10-. The molecule has 1 saturated heterocycles. The summed E-state index contributed by atoms with van der Waals surface area (Å²) in [6, 6.07) is 9.31. The van der Waals surface area contributed by atoms with Crippen molar-refractivity contribution in [2.24, 2.45) is 0 Å². The number of non-ortho nitro benzene ring substituents is 1. The van der Waals surface area contributed by atoms with E-state index in [-0.39, 0.29) is 31.0 Å². The highest BCUT2D eigenvalue weighted by molar-refractivity contribution is 8.26. The molecule has 1 fully saturated rings. The van der Waals surface area contributed by atoms with E-state index in [1.165, 1.54) is 17.0 Å². The van der Waals surface area contributed by atoms with Gasteiger partial charge in [0.1, 0.15) is 15.8 Å². The summed E-state index contributed by atoms with van der Waals surface area (Å²) >= 11 is 6.30. The number of nitrogens with zero attached hydrogens (tertiary/aromatic N) is 2. The van der Waals surface area contributed by atoms with Crippen molar-refractivity contribution in [1.29, 1.82) is 0 Å². The van der Waals surface area contributed by atoms with Crippen LogP contribution < -0.4 is 5.11 Å². The SMILES string of the molecule is O=C([O-])CCCN1C(=O)/C(=C/c2ccc(-c3ccc([N+](=O)[O-])cc3)o2)SC1=S. The number of amides is 1. The fraction of sp³-hybridized carbons (Fsp3) is 0.167. The lowest BCUT2D eigenvalue weighted by Crippen LogP contribution is -2.30. The molecule has 0 atom stereocenters. The Hall–Kier alpha value is -2.98. The Morgan fingerprint density at radius 1 is 1.25 bits per heavy atom. The zero-order valence-electron chi connectivity index (χ0n) is 14.3. The molecule has 1 aromatic carbocycles. The van der Waals surface area contributed by atoms with E-state index >= 15 is 0 Å². The average Bonchev–Trinajstić information content (AvgIpc) is 3.22. The number of rotatable bonds is 7. The van der Waals surface area contributed by atoms with Crippen molar-refractivity contribution in [3.63, 3.8) is 0 Å². The molecule has 0 bridgehead atoms. The van der Waals surface area contributed by atoms with Crippen LogP contribution in [-0.2, 0) is 9.59 Å². The van der Waals surface area contributed by atoms with E-state index in [2.05, 4.69) is 0 Å². The largest absolute Gasteiger partial charge is 0.550 e. The van der Waals surface area contributed by atoms with Gasteiger partial charge in [-0.1, -0.05) is 24.0 Å². The van der Waals surface area contributed by atoms with Crippen LogP contribution in [0.3, 0.4) is 0 Å². The maximum absolute atomic E-state index is 12.5. The predicted octanol–water partition coefficient (Wildman–Crippen LogP) is 2.59.